The van der Waals surface area contributed by atoms with Crippen molar-refractivity contribution in [3.05, 3.63) is 40.4 Å². The molecule has 0 spiro atoms. The number of fused-ring (bicyclic) bond motifs is 2. The maximum Gasteiger partial charge on any atom is 0.413 e. The van der Waals surface area contributed by atoms with E-state index in [1.165, 1.54) is 12.4 Å². The predicted molar refractivity (Wildman–Crippen MR) is 168 cm³/mol. The van der Waals surface area contributed by atoms with Crippen LogP contribution in [0, 0.1) is 5.82 Å². The van der Waals surface area contributed by atoms with Crippen LogP contribution in [0.4, 0.5) is 24.9 Å². The Hall–Kier alpha value is -3.48. The first kappa shape index (κ1) is 31.0. The zero-order valence-electron chi connectivity index (χ0n) is 24.5. The van der Waals surface area contributed by atoms with Crippen molar-refractivity contribution in [3.63, 3.8) is 0 Å². The van der Waals surface area contributed by atoms with Crippen LogP contribution in [0.1, 0.15) is 41.5 Å². The second kappa shape index (κ2) is 11.5. The summed E-state index contributed by atoms with van der Waals surface area (Å²) in [5, 5.41) is 3.92. The molecule has 0 bridgehead atoms. The smallest absolute Gasteiger partial charge is 0.413 e. The van der Waals surface area contributed by atoms with E-state index in [2.05, 4.69) is 20.3 Å². The molecule has 1 fully saturated rings. The van der Waals surface area contributed by atoms with E-state index in [9.17, 15) is 14.0 Å². The highest BCUT2D eigenvalue weighted by atomic mass is 35.5. The Bertz CT molecular complexity index is 1730. The summed E-state index contributed by atoms with van der Waals surface area (Å²) in [6, 6.07) is 4.58. The summed E-state index contributed by atoms with van der Waals surface area (Å²) in [5.74, 6) is 0.127. The number of halogens is 3. The van der Waals surface area contributed by atoms with Crippen molar-refractivity contribution in [3.8, 4) is 11.1 Å². The van der Waals surface area contributed by atoms with Gasteiger partial charge in [0, 0.05) is 42.7 Å². The molecule has 3 heterocycles. The number of anilines is 2. The van der Waals surface area contributed by atoms with E-state index < -0.39 is 23.1 Å². The van der Waals surface area contributed by atoms with Gasteiger partial charge in [-0.2, -0.15) is 0 Å². The van der Waals surface area contributed by atoms with Crippen molar-refractivity contribution in [1.29, 1.82) is 0 Å². The largest absolute Gasteiger partial charge is 0.444 e. The molecule has 0 unspecified atom stereocenters. The van der Waals surface area contributed by atoms with E-state index in [4.69, 9.17) is 32.7 Å². The normalized spacial score (nSPS) is 14.3. The van der Waals surface area contributed by atoms with E-state index in [0.29, 0.717) is 59.0 Å². The lowest BCUT2D eigenvalue weighted by Gasteiger charge is -2.36. The average molecular weight is 650 g/mol. The summed E-state index contributed by atoms with van der Waals surface area (Å²) < 4.78 is 25.9. The SMILES string of the molecule is CC(C)(C)OC(=O)Nc1nc2c(-c3c(Cl)cc4c(N5CCN(C(=O)OC(C)(C)C)CC5)ncnc4c3Cl)ccc(F)c2s1. The van der Waals surface area contributed by atoms with Crippen LogP contribution in [0.2, 0.25) is 10.0 Å². The molecule has 10 nitrogen and oxygen atoms in total. The van der Waals surface area contributed by atoms with Gasteiger partial charge in [0.2, 0.25) is 0 Å². The first-order valence-electron chi connectivity index (χ1n) is 13.6. The molecule has 2 amide bonds. The van der Waals surface area contributed by atoms with Gasteiger partial charge in [0.15, 0.2) is 5.13 Å². The molecule has 2 aromatic heterocycles. The van der Waals surface area contributed by atoms with Gasteiger partial charge in [0.1, 0.15) is 29.2 Å². The monoisotopic (exact) mass is 648 g/mol. The Labute approximate surface area is 262 Å². The molecule has 1 aliphatic rings. The van der Waals surface area contributed by atoms with Crippen LogP contribution in [0.5, 0.6) is 0 Å². The number of carbonyl (C=O) groups is 2. The summed E-state index contributed by atoms with van der Waals surface area (Å²) in [7, 11) is 0. The Balaban J connectivity index is 1.48. The number of carbonyl (C=O) groups excluding carboxylic acids is 2. The topological polar surface area (TPSA) is 110 Å². The third-order valence-electron chi connectivity index (χ3n) is 6.40. The molecule has 5 rings (SSSR count). The van der Waals surface area contributed by atoms with Crippen LogP contribution in [-0.2, 0) is 9.47 Å². The van der Waals surface area contributed by atoms with Crippen LogP contribution in [0.25, 0.3) is 32.2 Å². The van der Waals surface area contributed by atoms with Gasteiger partial charge in [-0.25, -0.2) is 28.9 Å². The minimum Gasteiger partial charge on any atom is -0.444 e. The molecule has 0 atom stereocenters. The number of benzene rings is 2. The van der Waals surface area contributed by atoms with E-state index in [1.54, 1.807) is 37.8 Å². The van der Waals surface area contributed by atoms with Crippen LogP contribution in [-0.4, -0.2) is 69.4 Å². The highest BCUT2D eigenvalue weighted by Gasteiger charge is 2.28. The van der Waals surface area contributed by atoms with Crippen molar-refractivity contribution in [2.24, 2.45) is 0 Å². The number of aromatic nitrogens is 3. The van der Waals surface area contributed by atoms with Gasteiger partial charge in [-0.1, -0.05) is 34.5 Å². The molecule has 0 saturated carbocycles. The van der Waals surface area contributed by atoms with E-state index in [-0.39, 0.29) is 26.5 Å². The van der Waals surface area contributed by atoms with Crippen LogP contribution < -0.4 is 10.2 Å². The number of hydrogen-bond donors (Lipinski definition) is 1. The zero-order chi connectivity index (χ0) is 31.3. The summed E-state index contributed by atoms with van der Waals surface area (Å²) in [6.07, 6.45) is 0.368. The molecule has 1 N–H and O–H groups in total. The van der Waals surface area contributed by atoms with Gasteiger partial charge >= 0.3 is 12.2 Å². The van der Waals surface area contributed by atoms with Gasteiger partial charge in [0.05, 0.1) is 25.8 Å². The highest BCUT2D eigenvalue weighted by molar-refractivity contribution is 7.22. The van der Waals surface area contributed by atoms with Gasteiger partial charge in [0.25, 0.3) is 0 Å². The molecule has 1 saturated heterocycles. The molecule has 4 aromatic rings. The lowest BCUT2D eigenvalue weighted by atomic mass is 10.0. The van der Waals surface area contributed by atoms with Crippen LogP contribution in [0.15, 0.2) is 24.5 Å². The molecule has 228 valence electrons. The minimum absolute atomic E-state index is 0.166. The number of amides is 2. The first-order chi connectivity index (χ1) is 20.1. The van der Waals surface area contributed by atoms with Gasteiger partial charge < -0.3 is 19.3 Å². The number of thiazole rings is 1. The third-order valence-corrected chi connectivity index (χ3v) is 8.05. The number of rotatable bonds is 3. The Morgan fingerprint density at radius 2 is 1.65 bits per heavy atom. The Morgan fingerprint density at radius 3 is 2.30 bits per heavy atom. The third kappa shape index (κ3) is 6.71. The van der Waals surface area contributed by atoms with Crippen molar-refractivity contribution in [2.45, 2.75) is 52.7 Å². The quantitative estimate of drug-likeness (QED) is 0.240. The number of hydrogen-bond acceptors (Lipinski definition) is 9. The van der Waals surface area contributed by atoms with Gasteiger partial charge in [-0.15, -0.1) is 0 Å². The number of ether oxygens (including phenoxy) is 2. The average Bonchev–Trinajstić information content (AvgIpc) is 3.32. The van der Waals surface area contributed by atoms with Crippen LogP contribution in [0.3, 0.4) is 0 Å². The maximum atomic E-state index is 14.9. The number of piperazine rings is 1. The van der Waals surface area contributed by atoms with Crippen molar-refractivity contribution >= 4 is 78.8 Å². The molecule has 1 aliphatic heterocycles. The summed E-state index contributed by atoms with van der Waals surface area (Å²) in [4.78, 5) is 42.0. The molecular formula is C29H31Cl2FN6O4S. The van der Waals surface area contributed by atoms with Gasteiger partial charge in [-0.3, -0.25) is 5.32 Å². The summed E-state index contributed by atoms with van der Waals surface area (Å²) in [5.41, 5.74) is 0.359. The fraction of sp³-hybridized carbons (Fsp3) is 0.414. The lowest BCUT2D eigenvalue weighted by Crippen LogP contribution is -2.50. The van der Waals surface area contributed by atoms with Crippen molar-refractivity contribution in [2.75, 3.05) is 36.4 Å². The van der Waals surface area contributed by atoms with E-state index in [1.807, 2.05) is 25.7 Å². The maximum absolute atomic E-state index is 14.9. The lowest BCUT2D eigenvalue weighted by molar-refractivity contribution is 0.0240. The zero-order valence-corrected chi connectivity index (χ0v) is 26.9. The molecule has 14 heteroatoms. The Kier molecular flexibility index (Phi) is 8.32. The van der Waals surface area contributed by atoms with Gasteiger partial charge in [-0.05, 0) is 59.7 Å². The summed E-state index contributed by atoms with van der Waals surface area (Å²) >= 11 is 14.8. The fourth-order valence-corrected chi connectivity index (χ4v) is 6.25. The predicted octanol–water partition coefficient (Wildman–Crippen LogP) is 7.76. The van der Waals surface area contributed by atoms with Crippen LogP contribution >= 0.6 is 34.5 Å². The summed E-state index contributed by atoms with van der Waals surface area (Å²) in [6.45, 7) is 12.7. The second-order valence-electron chi connectivity index (χ2n) is 12.0. The standard InChI is InChI=1S/C29H31Cl2FN6O4S/c1-28(2,3)41-26(39)36-25-35-22-15(7-8-18(32)23(22)43-25)19-17(30)13-16-21(20(19)31)33-14-34-24(16)37-9-11-38(12-10-37)27(40)42-29(4,5)6/h7-8,13-14H,9-12H2,1-6H3,(H,35,36,39). The number of nitrogens with zero attached hydrogens (tertiary/aromatic N) is 5. The fourth-order valence-electron chi connectivity index (χ4n) is 4.66. The molecule has 0 aliphatic carbocycles. The van der Waals surface area contributed by atoms with E-state index >= 15 is 0 Å². The van der Waals surface area contributed by atoms with Crippen molar-refractivity contribution in [1.82, 2.24) is 19.9 Å². The first-order valence-corrected chi connectivity index (χ1v) is 15.1. The highest BCUT2D eigenvalue weighted by Crippen LogP contribution is 2.45. The molecular weight excluding hydrogens is 618 g/mol. The second-order valence-corrected chi connectivity index (χ2v) is 13.8. The Morgan fingerprint density at radius 1 is 0.977 bits per heavy atom. The molecule has 43 heavy (non-hydrogen) atoms. The number of nitrogens with one attached hydrogen (secondary N) is 1. The molecule has 0 radical (unpaired) electrons. The van der Waals surface area contributed by atoms with E-state index in [0.717, 1.165) is 11.3 Å². The van der Waals surface area contributed by atoms with Crippen molar-refractivity contribution < 1.29 is 23.5 Å². The molecule has 2 aromatic carbocycles. The minimum atomic E-state index is -0.713.